The number of hydrogen-bond donors (Lipinski definition) is 1. The zero-order valence-corrected chi connectivity index (χ0v) is 14.5. The monoisotopic (exact) mass is 310 g/mol. The van der Waals surface area contributed by atoms with Crippen LogP contribution in [-0.2, 0) is 9.53 Å². The van der Waals surface area contributed by atoms with Crippen LogP contribution in [0.4, 0.5) is 0 Å². The molecule has 0 aliphatic heterocycles. The average Bonchev–Trinajstić information content (AvgIpc) is 2.52. The van der Waals surface area contributed by atoms with Crippen LogP contribution in [0.2, 0.25) is 0 Å². The van der Waals surface area contributed by atoms with Gasteiger partial charge in [-0.15, -0.1) is 11.8 Å². The Morgan fingerprint density at radius 2 is 1.64 bits per heavy atom. The topological polar surface area (TPSA) is 46.5 Å². The summed E-state index contributed by atoms with van der Waals surface area (Å²) in [5.41, 5.74) is 0. The van der Waals surface area contributed by atoms with Crippen LogP contribution >= 0.6 is 0 Å². The molecule has 0 aliphatic carbocycles. The maximum atomic E-state index is 10.9. The van der Waals surface area contributed by atoms with Crippen LogP contribution < -0.4 is 0 Å². The van der Waals surface area contributed by atoms with Gasteiger partial charge in [0.25, 0.3) is 0 Å². The van der Waals surface area contributed by atoms with Gasteiger partial charge in [-0.1, -0.05) is 45.4 Å². The Balaban J connectivity index is 3.32. The standard InChI is InChI=1S/C19H34O3/c1-3-4-5-6-7-9-12-15-18(20)16-13-10-8-11-14-17-19(21)22-2/h18,20H,3-6,8,10-17H2,1-2H3. The van der Waals surface area contributed by atoms with Gasteiger partial charge >= 0.3 is 5.97 Å². The van der Waals surface area contributed by atoms with Crippen LogP contribution in [0.1, 0.15) is 90.4 Å². The summed E-state index contributed by atoms with van der Waals surface area (Å²) >= 11 is 0. The van der Waals surface area contributed by atoms with Gasteiger partial charge in [-0.2, -0.15) is 0 Å². The van der Waals surface area contributed by atoms with E-state index in [4.69, 9.17) is 0 Å². The molecule has 1 N–H and O–H groups in total. The molecule has 0 saturated heterocycles. The van der Waals surface area contributed by atoms with Crippen LogP contribution in [0.25, 0.3) is 0 Å². The lowest BCUT2D eigenvalue weighted by Crippen LogP contribution is -2.05. The minimum Gasteiger partial charge on any atom is -0.469 e. The Kier molecular flexibility index (Phi) is 15.6. The van der Waals surface area contributed by atoms with E-state index in [1.165, 1.54) is 26.4 Å². The summed E-state index contributed by atoms with van der Waals surface area (Å²) in [6.07, 6.45) is 12.8. The quantitative estimate of drug-likeness (QED) is 0.307. The summed E-state index contributed by atoms with van der Waals surface area (Å²) in [5, 5.41) is 9.87. The third-order valence-electron chi connectivity index (χ3n) is 3.78. The van der Waals surface area contributed by atoms with E-state index in [0.29, 0.717) is 6.42 Å². The zero-order valence-electron chi connectivity index (χ0n) is 14.5. The first-order chi connectivity index (χ1) is 10.7. The third kappa shape index (κ3) is 15.4. The van der Waals surface area contributed by atoms with Gasteiger partial charge in [0.1, 0.15) is 0 Å². The molecule has 3 heteroatoms. The zero-order chi connectivity index (χ0) is 16.5. The Bertz CT molecular complexity index is 314. The molecular formula is C19H34O3. The van der Waals surface area contributed by atoms with Crippen molar-refractivity contribution in [2.45, 2.75) is 96.5 Å². The SMILES string of the molecule is CCCCCC#CCCC(O)CCCCCCCC(=O)OC. The highest BCUT2D eigenvalue weighted by molar-refractivity contribution is 5.68. The van der Waals surface area contributed by atoms with Crippen molar-refractivity contribution in [1.29, 1.82) is 0 Å². The first kappa shape index (κ1) is 21.0. The number of rotatable bonds is 13. The van der Waals surface area contributed by atoms with Gasteiger partial charge < -0.3 is 9.84 Å². The summed E-state index contributed by atoms with van der Waals surface area (Å²) in [6.45, 7) is 2.20. The van der Waals surface area contributed by atoms with Crippen molar-refractivity contribution < 1.29 is 14.6 Å². The van der Waals surface area contributed by atoms with Crippen molar-refractivity contribution in [2.24, 2.45) is 0 Å². The molecule has 0 spiro atoms. The summed E-state index contributed by atoms with van der Waals surface area (Å²) in [7, 11) is 1.43. The van der Waals surface area contributed by atoms with Crippen LogP contribution in [0.3, 0.4) is 0 Å². The second-order valence-corrected chi connectivity index (χ2v) is 5.89. The van der Waals surface area contributed by atoms with Crippen molar-refractivity contribution in [3.05, 3.63) is 0 Å². The highest BCUT2D eigenvalue weighted by Gasteiger charge is 2.03. The van der Waals surface area contributed by atoms with Gasteiger partial charge in [0.2, 0.25) is 0 Å². The van der Waals surface area contributed by atoms with Gasteiger partial charge in [-0.05, 0) is 25.7 Å². The Labute approximate surface area is 136 Å². The fourth-order valence-electron chi connectivity index (χ4n) is 2.30. The minimum atomic E-state index is -0.208. The molecule has 3 nitrogen and oxygen atoms in total. The van der Waals surface area contributed by atoms with E-state index in [0.717, 1.165) is 57.8 Å². The van der Waals surface area contributed by atoms with Gasteiger partial charge in [-0.3, -0.25) is 4.79 Å². The van der Waals surface area contributed by atoms with E-state index in [1.54, 1.807) is 0 Å². The summed E-state index contributed by atoms with van der Waals surface area (Å²) in [5.74, 6) is 6.22. The third-order valence-corrected chi connectivity index (χ3v) is 3.78. The molecule has 0 aromatic carbocycles. The van der Waals surface area contributed by atoms with Gasteiger partial charge in [0.15, 0.2) is 0 Å². The number of aliphatic hydroxyl groups is 1. The van der Waals surface area contributed by atoms with E-state index in [-0.39, 0.29) is 12.1 Å². The van der Waals surface area contributed by atoms with E-state index >= 15 is 0 Å². The lowest BCUT2D eigenvalue weighted by Gasteiger charge is -2.08. The Morgan fingerprint density at radius 3 is 2.36 bits per heavy atom. The fraction of sp³-hybridized carbons (Fsp3) is 0.842. The molecule has 1 unspecified atom stereocenters. The maximum Gasteiger partial charge on any atom is 0.305 e. The largest absolute Gasteiger partial charge is 0.469 e. The molecule has 22 heavy (non-hydrogen) atoms. The molecule has 0 aromatic rings. The van der Waals surface area contributed by atoms with Crippen molar-refractivity contribution in [3.8, 4) is 11.8 Å². The highest BCUT2D eigenvalue weighted by atomic mass is 16.5. The lowest BCUT2D eigenvalue weighted by atomic mass is 10.0. The molecule has 0 aliphatic rings. The predicted molar refractivity (Wildman–Crippen MR) is 91.5 cm³/mol. The van der Waals surface area contributed by atoms with Crippen molar-refractivity contribution in [3.63, 3.8) is 0 Å². The number of esters is 1. The number of methoxy groups -OCH3 is 1. The number of carbonyl (C=O) groups is 1. The predicted octanol–water partition coefficient (Wildman–Crippen LogP) is 4.61. The summed E-state index contributed by atoms with van der Waals surface area (Å²) < 4.78 is 4.60. The first-order valence-corrected chi connectivity index (χ1v) is 8.91. The molecule has 0 bridgehead atoms. The molecule has 0 rings (SSSR count). The minimum absolute atomic E-state index is 0.119. The fourth-order valence-corrected chi connectivity index (χ4v) is 2.30. The first-order valence-electron chi connectivity index (χ1n) is 8.91. The van der Waals surface area contributed by atoms with Crippen LogP contribution in [0, 0.1) is 11.8 Å². The van der Waals surface area contributed by atoms with Crippen LogP contribution in [-0.4, -0.2) is 24.3 Å². The second kappa shape index (κ2) is 16.4. The molecule has 0 fully saturated rings. The number of aliphatic hydroxyl groups excluding tert-OH is 1. The molecule has 0 saturated carbocycles. The number of hydrogen-bond acceptors (Lipinski definition) is 3. The number of unbranched alkanes of at least 4 members (excludes halogenated alkanes) is 7. The highest BCUT2D eigenvalue weighted by Crippen LogP contribution is 2.11. The number of ether oxygens (including phenoxy) is 1. The van der Waals surface area contributed by atoms with E-state index in [9.17, 15) is 9.90 Å². The van der Waals surface area contributed by atoms with Gasteiger partial charge in [0.05, 0.1) is 13.2 Å². The molecule has 0 aromatic heterocycles. The average molecular weight is 310 g/mol. The molecule has 1 atom stereocenters. The molecular weight excluding hydrogens is 276 g/mol. The molecule has 128 valence electrons. The lowest BCUT2D eigenvalue weighted by molar-refractivity contribution is -0.140. The molecule has 0 amide bonds. The van der Waals surface area contributed by atoms with E-state index in [1.807, 2.05) is 0 Å². The normalized spacial score (nSPS) is 11.6. The summed E-state index contributed by atoms with van der Waals surface area (Å²) in [4.78, 5) is 10.9. The van der Waals surface area contributed by atoms with E-state index < -0.39 is 0 Å². The van der Waals surface area contributed by atoms with Crippen molar-refractivity contribution in [1.82, 2.24) is 0 Å². The van der Waals surface area contributed by atoms with Gasteiger partial charge in [-0.25, -0.2) is 0 Å². The Morgan fingerprint density at radius 1 is 0.955 bits per heavy atom. The van der Waals surface area contributed by atoms with E-state index in [2.05, 4.69) is 23.5 Å². The van der Waals surface area contributed by atoms with Crippen molar-refractivity contribution >= 4 is 5.97 Å². The second-order valence-electron chi connectivity index (χ2n) is 5.89. The smallest absolute Gasteiger partial charge is 0.305 e. The number of carbonyl (C=O) groups excluding carboxylic acids is 1. The van der Waals surface area contributed by atoms with Gasteiger partial charge in [0, 0.05) is 19.3 Å². The summed E-state index contributed by atoms with van der Waals surface area (Å²) in [6, 6.07) is 0. The molecule has 0 heterocycles. The van der Waals surface area contributed by atoms with Crippen molar-refractivity contribution in [2.75, 3.05) is 7.11 Å². The maximum absolute atomic E-state index is 10.9. The Hall–Kier alpha value is -1.01. The van der Waals surface area contributed by atoms with Crippen LogP contribution in [0.15, 0.2) is 0 Å². The molecule has 0 radical (unpaired) electrons. The van der Waals surface area contributed by atoms with Crippen LogP contribution in [0.5, 0.6) is 0 Å².